The third-order valence-electron chi connectivity index (χ3n) is 8.29. The number of ether oxygens (including phenoxy) is 5. The van der Waals surface area contributed by atoms with Crippen LogP contribution in [-0.2, 0) is 22.4 Å². The van der Waals surface area contributed by atoms with E-state index in [1.54, 1.807) is 28.4 Å². The van der Waals surface area contributed by atoms with Crippen molar-refractivity contribution in [3.05, 3.63) is 47.5 Å². The summed E-state index contributed by atoms with van der Waals surface area (Å²) in [6.45, 7) is 10.0. The van der Waals surface area contributed by atoms with E-state index in [0.717, 1.165) is 24.0 Å². The Kier molecular flexibility index (Phi) is 16.4. The van der Waals surface area contributed by atoms with Gasteiger partial charge in [-0.3, -0.25) is 4.79 Å². The van der Waals surface area contributed by atoms with Gasteiger partial charge in [-0.25, -0.2) is 0 Å². The normalized spacial score (nSPS) is 14.2. The fourth-order valence-corrected chi connectivity index (χ4v) is 5.36. The largest absolute Gasteiger partial charge is 0.493 e. The van der Waals surface area contributed by atoms with Crippen molar-refractivity contribution >= 4 is 5.91 Å². The van der Waals surface area contributed by atoms with E-state index in [0.29, 0.717) is 67.9 Å². The van der Waals surface area contributed by atoms with Crippen molar-refractivity contribution in [2.45, 2.75) is 71.9 Å². The summed E-state index contributed by atoms with van der Waals surface area (Å²) >= 11 is 0. The molecule has 0 bridgehead atoms. The first-order valence-corrected chi connectivity index (χ1v) is 15.7. The van der Waals surface area contributed by atoms with E-state index < -0.39 is 12.1 Å². The lowest BCUT2D eigenvalue weighted by Gasteiger charge is -2.30. The van der Waals surface area contributed by atoms with Crippen LogP contribution in [0.4, 0.5) is 0 Å². The molecule has 0 saturated carbocycles. The smallest absolute Gasteiger partial charge is 0.223 e. The number of hydrogen-bond acceptors (Lipinski definition) is 8. The number of methoxy groups -OCH3 is 4. The number of carbonyl (C=O) groups excluding carboxylic acids is 1. The van der Waals surface area contributed by atoms with E-state index >= 15 is 0 Å². The third-order valence-corrected chi connectivity index (χ3v) is 8.29. The van der Waals surface area contributed by atoms with Crippen molar-refractivity contribution < 1.29 is 33.6 Å². The molecule has 44 heavy (non-hydrogen) atoms. The van der Waals surface area contributed by atoms with Gasteiger partial charge < -0.3 is 39.8 Å². The number of aliphatic hydroxyl groups excluding tert-OH is 1. The van der Waals surface area contributed by atoms with Crippen molar-refractivity contribution in [3.8, 4) is 23.0 Å². The first kappa shape index (κ1) is 37.2. The van der Waals surface area contributed by atoms with E-state index in [1.807, 2.05) is 44.2 Å². The Balaban J connectivity index is 1.98. The number of nitrogens with two attached hydrogens (primary N) is 1. The zero-order valence-corrected chi connectivity index (χ0v) is 28.1. The molecule has 0 aliphatic carbocycles. The molecule has 2 aromatic carbocycles. The molecule has 0 spiro atoms. The van der Waals surface area contributed by atoms with Gasteiger partial charge in [0.15, 0.2) is 23.0 Å². The van der Waals surface area contributed by atoms with Crippen LogP contribution in [0, 0.1) is 23.7 Å². The lowest BCUT2D eigenvalue weighted by molar-refractivity contribution is -0.127. The molecule has 0 radical (unpaired) electrons. The Morgan fingerprint density at radius 1 is 0.818 bits per heavy atom. The average molecular weight is 617 g/mol. The highest BCUT2D eigenvalue weighted by Gasteiger charge is 2.29. The number of rotatable bonds is 21. The Bertz CT molecular complexity index is 1120. The molecule has 9 nitrogen and oxygen atoms in total. The van der Waals surface area contributed by atoms with Crippen molar-refractivity contribution in [2.75, 3.05) is 48.2 Å². The standard InChI is InChI=1S/C35H56N2O7/c1-23(2)27(18-26-11-13-32(42-7)34(20-26)44-17-9-16-40-5)21-29(36)30(38)22-28(24(3)4)35(39)37-15-14-25-10-12-31(41-6)33(19-25)43-8/h10-13,19-20,23-24,27-30,38H,9,14-18,21-22,36H2,1-8H3,(H,37,39)/t27-,28-,29-,30-/m0/s1. The van der Waals surface area contributed by atoms with Gasteiger partial charge in [-0.15, -0.1) is 0 Å². The summed E-state index contributed by atoms with van der Waals surface area (Å²) in [4.78, 5) is 13.2. The van der Waals surface area contributed by atoms with Gasteiger partial charge in [0.1, 0.15) is 0 Å². The Labute approximate surface area is 264 Å². The van der Waals surface area contributed by atoms with Crippen LogP contribution in [0.25, 0.3) is 0 Å². The van der Waals surface area contributed by atoms with Gasteiger partial charge in [0.05, 0.1) is 34.0 Å². The number of benzene rings is 2. The second kappa shape index (κ2) is 19.4. The second-order valence-electron chi connectivity index (χ2n) is 12.2. The minimum Gasteiger partial charge on any atom is -0.493 e. The molecule has 0 heterocycles. The predicted molar refractivity (Wildman–Crippen MR) is 175 cm³/mol. The number of carbonyl (C=O) groups is 1. The molecule has 1 amide bonds. The van der Waals surface area contributed by atoms with Crippen LogP contribution < -0.4 is 30.0 Å². The lowest BCUT2D eigenvalue weighted by Crippen LogP contribution is -2.43. The molecule has 4 atom stereocenters. The zero-order valence-electron chi connectivity index (χ0n) is 28.1. The van der Waals surface area contributed by atoms with Crippen molar-refractivity contribution in [3.63, 3.8) is 0 Å². The van der Waals surface area contributed by atoms with Crippen LogP contribution in [0.3, 0.4) is 0 Å². The molecule has 0 aliphatic rings. The summed E-state index contributed by atoms with van der Waals surface area (Å²) < 4.78 is 27.3. The summed E-state index contributed by atoms with van der Waals surface area (Å²) in [6, 6.07) is 11.3. The second-order valence-corrected chi connectivity index (χ2v) is 12.2. The SMILES string of the molecule is COCCCOc1cc(C[C@@H](C[C@H](N)[C@@H](O)C[C@H](C(=O)NCCc2ccc(OC)c(OC)c2)C(C)C)C(C)C)ccc1OC. The fraction of sp³-hybridized carbons (Fsp3) is 0.629. The Morgan fingerprint density at radius 2 is 1.43 bits per heavy atom. The van der Waals surface area contributed by atoms with Crippen LogP contribution in [0.1, 0.15) is 58.1 Å². The highest BCUT2D eigenvalue weighted by atomic mass is 16.5. The quantitative estimate of drug-likeness (QED) is 0.167. The van der Waals surface area contributed by atoms with Gasteiger partial charge >= 0.3 is 0 Å². The van der Waals surface area contributed by atoms with Gasteiger partial charge in [-0.2, -0.15) is 0 Å². The molecule has 2 rings (SSSR count). The lowest BCUT2D eigenvalue weighted by atomic mass is 9.81. The van der Waals surface area contributed by atoms with Gasteiger partial charge in [-0.1, -0.05) is 39.8 Å². The number of nitrogens with one attached hydrogen (secondary N) is 1. The molecular formula is C35H56N2O7. The molecule has 248 valence electrons. The van der Waals surface area contributed by atoms with E-state index in [1.165, 1.54) is 0 Å². The maximum Gasteiger partial charge on any atom is 0.223 e. The van der Waals surface area contributed by atoms with E-state index in [2.05, 4.69) is 25.2 Å². The molecule has 2 aromatic rings. The molecule has 0 fully saturated rings. The first-order chi connectivity index (χ1) is 21.0. The van der Waals surface area contributed by atoms with Crippen LogP contribution in [0.15, 0.2) is 36.4 Å². The Hall–Kier alpha value is -3.01. The predicted octanol–water partition coefficient (Wildman–Crippen LogP) is 5.04. The molecular weight excluding hydrogens is 560 g/mol. The molecule has 0 aliphatic heterocycles. The van der Waals surface area contributed by atoms with Gasteiger partial charge in [0, 0.05) is 38.6 Å². The Morgan fingerprint density at radius 3 is 2.02 bits per heavy atom. The van der Waals surface area contributed by atoms with Crippen LogP contribution in [0.2, 0.25) is 0 Å². The van der Waals surface area contributed by atoms with Gasteiger partial charge in [-0.05, 0) is 78.8 Å². The number of amides is 1. The summed E-state index contributed by atoms with van der Waals surface area (Å²) in [5.74, 6) is 2.96. The first-order valence-electron chi connectivity index (χ1n) is 15.7. The monoisotopic (exact) mass is 616 g/mol. The maximum absolute atomic E-state index is 13.2. The molecule has 0 aromatic heterocycles. The highest BCUT2D eigenvalue weighted by Crippen LogP contribution is 2.32. The van der Waals surface area contributed by atoms with Crippen molar-refractivity contribution in [1.82, 2.24) is 5.32 Å². The average Bonchev–Trinajstić information content (AvgIpc) is 3.01. The summed E-state index contributed by atoms with van der Waals surface area (Å²) in [5, 5.41) is 14.2. The molecule has 4 N–H and O–H groups in total. The van der Waals surface area contributed by atoms with E-state index in [-0.39, 0.29) is 23.7 Å². The van der Waals surface area contributed by atoms with Crippen molar-refractivity contribution in [1.29, 1.82) is 0 Å². The fourth-order valence-electron chi connectivity index (χ4n) is 5.36. The van der Waals surface area contributed by atoms with E-state index in [4.69, 9.17) is 29.4 Å². The maximum atomic E-state index is 13.2. The topological polar surface area (TPSA) is 122 Å². The van der Waals surface area contributed by atoms with Crippen molar-refractivity contribution in [2.24, 2.45) is 29.4 Å². The summed E-state index contributed by atoms with van der Waals surface area (Å²) in [7, 11) is 6.52. The number of hydrogen-bond donors (Lipinski definition) is 3. The molecule has 0 unspecified atom stereocenters. The minimum atomic E-state index is -0.796. The molecule has 9 heteroatoms. The van der Waals surface area contributed by atoms with Crippen LogP contribution >= 0.6 is 0 Å². The minimum absolute atomic E-state index is 0.0560. The zero-order chi connectivity index (χ0) is 32.6. The van der Waals surface area contributed by atoms with Gasteiger partial charge in [0.2, 0.25) is 5.91 Å². The van der Waals surface area contributed by atoms with Crippen LogP contribution in [0.5, 0.6) is 23.0 Å². The summed E-state index contributed by atoms with van der Waals surface area (Å²) in [6.07, 6.45) is 2.39. The van der Waals surface area contributed by atoms with Gasteiger partial charge in [0.25, 0.3) is 0 Å². The van der Waals surface area contributed by atoms with Crippen LogP contribution in [-0.4, -0.2) is 71.4 Å². The number of aliphatic hydroxyl groups is 1. The van der Waals surface area contributed by atoms with E-state index in [9.17, 15) is 9.90 Å². The third kappa shape index (κ3) is 11.8. The molecule has 0 saturated heterocycles. The summed E-state index contributed by atoms with van der Waals surface area (Å²) in [5.41, 5.74) is 8.76. The highest BCUT2D eigenvalue weighted by molar-refractivity contribution is 5.78.